The number of hydrogen-bond acceptors (Lipinski definition) is 8. The highest BCUT2D eigenvalue weighted by Gasteiger charge is 2.39. The molecule has 0 amide bonds. The van der Waals surface area contributed by atoms with E-state index in [1.54, 1.807) is 12.1 Å². The molecule has 1 aliphatic heterocycles. The lowest BCUT2D eigenvalue weighted by Gasteiger charge is -2.34. The molecule has 45 heavy (non-hydrogen) atoms. The molecule has 1 aliphatic carbocycles. The number of pyridine rings is 1. The lowest BCUT2D eigenvalue weighted by molar-refractivity contribution is -0.388. The smallest absolute Gasteiger partial charge is 0.423 e. The zero-order valence-corrected chi connectivity index (χ0v) is 24.0. The van der Waals surface area contributed by atoms with Crippen molar-refractivity contribution in [2.45, 2.75) is 56.7 Å². The number of nitrogens with one attached hydrogen (secondary N) is 1. The summed E-state index contributed by atoms with van der Waals surface area (Å²) in [6.45, 7) is 3.08. The molecule has 0 atom stereocenters. The fourth-order valence-electron chi connectivity index (χ4n) is 5.85. The maximum absolute atomic E-state index is 13.3. The summed E-state index contributed by atoms with van der Waals surface area (Å²) >= 11 is 0. The maximum atomic E-state index is 13.3. The number of carbonyl (C=O) groups is 1. The van der Waals surface area contributed by atoms with Crippen molar-refractivity contribution in [1.29, 1.82) is 0 Å². The number of carbonyl (C=O) groups excluding carboxylic acids is 1. The molecule has 1 aromatic heterocycles. The second-order valence-electron chi connectivity index (χ2n) is 11.3. The molecule has 15 heteroatoms. The van der Waals surface area contributed by atoms with Gasteiger partial charge in [-0.15, -0.1) is 0 Å². The Balaban J connectivity index is 1.04. The zero-order valence-electron chi connectivity index (χ0n) is 24.0. The van der Waals surface area contributed by atoms with Crippen molar-refractivity contribution in [3.05, 3.63) is 75.5 Å². The Bertz CT molecular complexity index is 1530. The number of nitro groups is 1. The molecule has 5 rings (SSSR count). The fourth-order valence-corrected chi connectivity index (χ4v) is 5.85. The minimum atomic E-state index is -4.86. The van der Waals surface area contributed by atoms with Gasteiger partial charge in [-0.05, 0) is 56.0 Å². The van der Waals surface area contributed by atoms with E-state index in [0.29, 0.717) is 64.1 Å². The topological polar surface area (TPSA) is 101 Å². The second kappa shape index (κ2) is 13.2. The van der Waals surface area contributed by atoms with Crippen molar-refractivity contribution in [3.8, 4) is 0 Å². The lowest BCUT2D eigenvalue weighted by atomic mass is 9.92. The molecule has 2 fully saturated rings. The molecule has 9 nitrogen and oxygen atoms in total. The molecular formula is C30H31F6N5O4. The molecule has 1 saturated carbocycles. The first-order valence-electron chi connectivity index (χ1n) is 14.5. The minimum Gasteiger partial charge on any atom is -0.461 e. The minimum absolute atomic E-state index is 0.0610. The van der Waals surface area contributed by atoms with Crippen LogP contribution in [0.3, 0.4) is 0 Å². The quantitative estimate of drug-likeness (QED) is 0.133. The van der Waals surface area contributed by atoms with Crippen LogP contribution in [0.15, 0.2) is 48.5 Å². The Morgan fingerprint density at radius 2 is 1.58 bits per heavy atom. The number of nitrogens with zero attached hydrogens (tertiary/aromatic N) is 4. The average Bonchev–Trinajstić information content (AvgIpc) is 2.97. The van der Waals surface area contributed by atoms with E-state index in [1.165, 1.54) is 18.2 Å². The monoisotopic (exact) mass is 639 g/mol. The molecule has 0 unspecified atom stereocenters. The van der Waals surface area contributed by atoms with Crippen LogP contribution in [-0.4, -0.2) is 70.5 Å². The largest absolute Gasteiger partial charge is 0.461 e. The second-order valence-corrected chi connectivity index (χ2v) is 11.3. The van der Waals surface area contributed by atoms with E-state index in [4.69, 9.17) is 4.74 Å². The molecule has 1 saturated heterocycles. The molecule has 0 radical (unpaired) electrons. The molecule has 2 heterocycles. The number of hydrogen-bond donors (Lipinski definition) is 1. The maximum Gasteiger partial charge on any atom is 0.423 e. The van der Waals surface area contributed by atoms with Gasteiger partial charge in [-0.1, -0.05) is 12.1 Å². The van der Waals surface area contributed by atoms with Crippen LogP contribution in [0.25, 0.3) is 10.9 Å². The van der Waals surface area contributed by atoms with Crippen molar-refractivity contribution in [3.63, 3.8) is 0 Å². The van der Waals surface area contributed by atoms with E-state index in [0.717, 1.165) is 18.2 Å². The number of benzene rings is 2. The Morgan fingerprint density at radius 1 is 0.911 bits per heavy atom. The number of aromatic nitrogens is 1. The van der Waals surface area contributed by atoms with Gasteiger partial charge in [0.15, 0.2) is 0 Å². The highest BCUT2D eigenvalue weighted by Crippen LogP contribution is 2.38. The van der Waals surface area contributed by atoms with Crippen LogP contribution >= 0.6 is 0 Å². The predicted molar refractivity (Wildman–Crippen MR) is 152 cm³/mol. The van der Waals surface area contributed by atoms with E-state index >= 15 is 0 Å². The highest BCUT2D eigenvalue weighted by atomic mass is 19.4. The number of alkyl halides is 6. The standard InChI is InChI=1S/C30H31F6N5O4/c31-29(32,33)24-2-1-3-26-23(24)10-6-21(38-26)17-39-12-14-40(15-13-39)18-28(42)45-22-8-4-19(5-9-22)37-20-7-11-27(41(43)44)25(16-20)30(34,35)36/h1-3,6-7,10-11,16,19,22,37H,4-5,8-9,12-15,17-18H2. The zero-order chi connectivity index (χ0) is 32.4. The van der Waals surface area contributed by atoms with Crippen LogP contribution in [0.2, 0.25) is 0 Å². The summed E-state index contributed by atoms with van der Waals surface area (Å²) in [7, 11) is 0. The molecule has 0 spiro atoms. The van der Waals surface area contributed by atoms with Gasteiger partial charge in [0.1, 0.15) is 11.7 Å². The van der Waals surface area contributed by atoms with E-state index in [2.05, 4.69) is 15.2 Å². The number of nitro benzene ring substituents is 1. The average molecular weight is 640 g/mol. The molecule has 242 valence electrons. The number of fused-ring (bicyclic) bond motifs is 1. The summed E-state index contributed by atoms with van der Waals surface area (Å²) in [5, 5.41) is 14.1. The summed E-state index contributed by atoms with van der Waals surface area (Å²) < 4.78 is 85.4. The summed E-state index contributed by atoms with van der Waals surface area (Å²) in [5.41, 5.74) is -1.94. The summed E-state index contributed by atoms with van der Waals surface area (Å²) in [5.74, 6) is -0.360. The summed E-state index contributed by atoms with van der Waals surface area (Å²) in [6, 6.07) is 9.69. The fraction of sp³-hybridized carbons (Fsp3) is 0.467. The number of rotatable bonds is 8. The number of ether oxygens (including phenoxy) is 1. The van der Waals surface area contributed by atoms with Gasteiger partial charge in [-0.2, -0.15) is 26.3 Å². The third-order valence-electron chi connectivity index (χ3n) is 8.14. The van der Waals surface area contributed by atoms with Crippen LogP contribution in [0, 0.1) is 10.1 Å². The Labute approximate surface area is 254 Å². The number of anilines is 1. The summed E-state index contributed by atoms with van der Waals surface area (Å²) in [6.07, 6.45) is -7.47. The van der Waals surface area contributed by atoms with Crippen molar-refractivity contribution >= 4 is 28.2 Å². The number of halogens is 6. The van der Waals surface area contributed by atoms with E-state index in [-0.39, 0.29) is 41.3 Å². The van der Waals surface area contributed by atoms with Crippen molar-refractivity contribution in [2.75, 3.05) is 38.0 Å². The first-order chi connectivity index (χ1) is 21.3. The van der Waals surface area contributed by atoms with Crippen LogP contribution in [0.5, 0.6) is 0 Å². The predicted octanol–water partition coefficient (Wildman–Crippen LogP) is 6.26. The Morgan fingerprint density at radius 3 is 2.22 bits per heavy atom. The van der Waals surface area contributed by atoms with Gasteiger partial charge in [0.2, 0.25) is 0 Å². The molecule has 3 aromatic rings. The van der Waals surface area contributed by atoms with E-state index in [9.17, 15) is 41.3 Å². The van der Waals surface area contributed by atoms with Crippen LogP contribution < -0.4 is 5.32 Å². The third kappa shape index (κ3) is 8.19. The Hall–Kier alpha value is -3.98. The van der Waals surface area contributed by atoms with Crippen molar-refractivity contribution < 1.29 is 40.8 Å². The van der Waals surface area contributed by atoms with Gasteiger partial charge >= 0.3 is 18.3 Å². The van der Waals surface area contributed by atoms with E-state index < -0.39 is 34.1 Å². The van der Waals surface area contributed by atoms with Gasteiger partial charge in [-0.3, -0.25) is 29.7 Å². The summed E-state index contributed by atoms with van der Waals surface area (Å²) in [4.78, 5) is 31.1. The van der Waals surface area contributed by atoms with Crippen molar-refractivity contribution in [2.24, 2.45) is 0 Å². The van der Waals surface area contributed by atoms with Crippen LogP contribution in [0.4, 0.5) is 37.7 Å². The van der Waals surface area contributed by atoms with Gasteiger partial charge in [0, 0.05) is 55.9 Å². The lowest BCUT2D eigenvalue weighted by Crippen LogP contribution is -2.48. The Kier molecular flexibility index (Phi) is 9.49. The molecule has 1 N–H and O–H groups in total. The highest BCUT2D eigenvalue weighted by molar-refractivity contribution is 5.82. The van der Waals surface area contributed by atoms with Crippen LogP contribution in [0.1, 0.15) is 42.5 Å². The third-order valence-corrected chi connectivity index (χ3v) is 8.14. The number of esters is 1. The first-order valence-corrected chi connectivity index (χ1v) is 14.5. The van der Waals surface area contributed by atoms with Gasteiger partial charge in [-0.25, -0.2) is 0 Å². The van der Waals surface area contributed by atoms with E-state index in [1.807, 2.05) is 4.90 Å². The van der Waals surface area contributed by atoms with Crippen LogP contribution in [-0.2, 0) is 28.4 Å². The molecule has 2 aromatic carbocycles. The van der Waals surface area contributed by atoms with Gasteiger partial charge in [0.25, 0.3) is 5.69 Å². The van der Waals surface area contributed by atoms with Gasteiger partial charge < -0.3 is 10.1 Å². The number of piperazine rings is 1. The molecule has 0 bridgehead atoms. The van der Waals surface area contributed by atoms with Gasteiger partial charge in [0.05, 0.1) is 28.2 Å². The first kappa shape index (κ1) is 32.4. The SMILES string of the molecule is O=C(CN1CCN(Cc2ccc3c(C(F)(F)F)cccc3n2)CC1)OC1CCC(Nc2ccc([N+](=O)[O-])c(C(F)(F)F)c2)CC1. The molecular weight excluding hydrogens is 608 g/mol. The normalized spacial score (nSPS) is 20.2. The molecule has 2 aliphatic rings. The van der Waals surface area contributed by atoms with Crippen molar-refractivity contribution in [1.82, 2.24) is 14.8 Å².